The van der Waals surface area contributed by atoms with Gasteiger partial charge in [-0.3, -0.25) is 0 Å². The highest BCUT2D eigenvalue weighted by molar-refractivity contribution is 9.10. The Morgan fingerprint density at radius 2 is 2.14 bits per heavy atom. The summed E-state index contributed by atoms with van der Waals surface area (Å²) in [5.41, 5.74) is 7.05. The SMILES string of the molecule is NC1(CCc2ccc(Br)c(F)c2)CC1. The molecular weight excluding hydrogens is 245 g/mol. The fraction of sp³-hybridized carbons (Fsp3) is 0.455. The Morgan fingerprint density at radius 1 is 1.43 bits per heavy atom. The fourth-order valence-corrected chi connectivity index (χ4v) is 1.75. The van der Waals surface area contributed by atoms with Gasteiger partial charge in [0.2, 0.25) is 0 Å². The third kappa shape index (κ3) is 2.34. The van der Waals surface area contributed by atoms with E-state index in [4.69, 9.17) is 5.73 Å². The number of hydrogen-bond donors (Lipinski definition) is 1. The summed E-state index contributed by atoms with van der Waals surface area (Å²) in [6.45, 7) is 0. The van der Waals surface area contributed by atoms with Gasteiger partial charge in [0.25, 0.3) is 0 Å². The first-order chi connectivity index (χ1) is 6.59. The Balaban J connectivity index is 1.99. The van der Waals surface area contributed by atoms with E-state index < -0.39 is 0 Å². The zero-order valence-electron chi connectivity index (χ0n) is 7.89. The van der Waals surface area contributed by atoms with Crippen molar-refractivity contribution in [3.8, 4) is 0 Å². The van der Waals surface area contributed by atoms with E-state index in [9.17, 15) is 4.39 Å². The molecule has 1 fully saturated rings. The van der Waals surface area contributed by atoms with Gasteiger partial charge >= 0.3 is 0 Å². The summed E-state index contributed by atoms with van der Waals surface area (Å²) in [6.07, 6.45) is 4.08. The summed E-state index contributed by atoms with van der Waals surface area (Å²) in [5, 5.41) is 0. The average molecular weight is 258 g/mol. The zero-order valence-corrected chi connectivity index (χ0v) is 9.48. The second kappa shape index (κ2) is 3.63. The van der Waals surface area contributed by atoms with Crippen LogP contribution in [-0.4, -0.2) is 5.54 Å². The third-order valence-corrected chi connectivity index (χ3v) is 3.43. The second-order valence-corrected chi connectivity index (χ2v) is 4.97. The Morgan fingerprint density at radius 3 is 2.71 bits per heavy atom. The lowest BCUT2D eigenvalue weighted by Crippen LogP contribution is -2.22. The van der Waals surface area contributed by atoms with Crippen molar-refractivity contribution in [2.24, 2.45) is 5.73 Å². The maximum absolute atomic E-state index is 13.1. The highest BCUT2D eigenvalue weighted by Crippen LogP contribution is 2.36. The molecule has 1 aromatic carbocycles. The van der Waals surface area contributed by atoms with E-state index in [1.165, 1.54) is 0 Å². The molecule has 76 valence electrons. The first-order valence-corrected chi connectivity index (χ1v) is 5.61. The van der Waals surface area contributed by atoms with Crippen molar-refractivity contribution >= 4 is 15.9 Å². The van der Waals surface area contributed by atoms with Crippen LogP contribution in [0.1, 0.15) is 24.8 Å². The van der Waals surface area contributed by atoms with Crippen molar-refractivity contribution in [3.05, 3.63) is 34.1 Å². The third-order valence-electron chi connectivity index (χ3n) is 2.79. The summed E-state index contributed by atoms with van der Waals surface area (Å²) in [6, 6.07) is 5.27. The van der Waals surface area contributed by atoms with Crippen LogP contribution < -0.4 is 5.73 Å². The number of aryl methyl sites for hydroxylation is 1. The molecule has 1 aliphatic carbocycles. The van der Waals surface area contributed by atoms with Gasteiger partial charge < -0.3 is 5.73 Å². The molecule has 0 amide bonds. The lowest BCUT2D eigenvalue weighted by molar-refractivity contribution is 0.597. The van der Waals surface area contributed by atoms with E-state index in [2.05, 4.69) is 15.9 Å². The van der Waals surface area contributed by atoms with E-state index in [1.807, 2.05) is 6.07 Å². The molecular formula is C11H13BrFN. The number of halogens is 2. The summed E-state index contributed by atoms with van der Waals surface area (Å²) in [5.74, 6) is -0.190. The van der Waals surface area contributed by atoms with E-state index in [-0.39, 0.29) is 11.4 Å². The molecule has 0 spiro atoms. The molecule has 0 aliphatic heterocycles. The Hall–Kier alpha value is -0.410. The zero-order chi connectivity index (χ0) is 10.2. The first kappa shape index (κ1) is 10.1. The van der Waals surface area contributed by atoms with Gasteiger partial charge in [-0.2, -0.15) is 0 Å². The summed E-state index contributed by atoms with van der Waals surface area (Å²) >= 11 is 3.13. The highest BCUT2D eigenvalue weighted by atomic mass is 79.9. The van der Waals surface area contributed by atoms with E-state index in [0.29, 0.717) is 4.47 Å². The van der Waals surface area contributed by atoms with Crippen LogP contribution in [0, 0.1) is 5.82 Å². The van der Waals surface area contributed by atoms with Gasteiger partial charge in [-0.25, -0.2) is 4.39 Å². The van der Waals surface area contributed by atoms with Crippen LogP contribution in [0.15, 0.2) is 22.7 Å². The average Bonchev–Trinajstić information content (AvgIpc) is 2.87. The van der Waals surface area contributed by atoms with Crippen molar-refractivity contribution in [1.29, 1.82) is 0 Å². The van der Waals surface area contributed by atoms with Crippen molar-refractivity contribution in [3.63, 3.8) is 0 Å². The molecule has 0 saturated heterocycles. The van der Waals surface area contributed by atoms with Gasteiger partial charge in [-0.05, 0) is 59.3 Å². The van der Waals surface area contributed by atoms with Crippen LogP contribution in [0.5, 0.6) is 0 Å². The van der Waals surface area contributed by atoms with Gasteiger partial charge in [-0.1, -0.05) is 6.07 Å². The predicted octanol–water partition coefficient (Wildman–Crippen LogP) is 3.01. The normalized spacial score (nSPS) is 18.2. The van der Waals surface area contributed by atoms with Crippen LogP contribution in [0.3, 0.4) is 0 Å². The van der Waals surface area contributed by atoms with Gasteiger partial charge in [0.15, 0.2) is 0 Å². The predicted molar refractivity (Wildman–Crippen MR) is 58.6 cm³/mol. The number of rotatable bonds is 3. The summed E-state index contributed by atoms with van der Waals surface area (Å²) < 4.78 is 13.7. The molecule has 2 rings (SSSR count). The van der Waals surface area contributed by atoms with Crippen molar-refractivity contribution in [2.45, 2.75) is 31.2 Å². The van der Waals surface area contributed by atoms with Gasteiger partial charge in [0, 0.05) is 5.54 Å². The Kier molecular flexibility index (Phi) is 2.62. The molecule has 1 nitrogen and oxygen atoms in total. The molecule has 1 aromatic rings. The lowest BCUT2D eigenvalue weighted by atomic mass is 10.0. The number of benzene rings is 1. The Labute approximate surface area is 91.6 Å². The van der Waals surface area contributed by atoms with Gasteiger partial charge in [-0.15, -0.1) is 0 Å². The summed E-state index contributed by atoms with van der Waals surface area (Å²) in [4.78, 5) is 0. The number of nitrogens with two attached hydrogens (primary N) is 1. The molecule has 1 saturated carbocycles. The largest absolute Gasteiger partial charge is 0.325 e. The lowest BCUT2D eigenvalue weighted by Gasteiger charge is -2.08. The van der Waals surface area contributed by atoms with Crippen molar-refractivity contribution in [1.82, 2.24) is 0 Å². The van der Waals surface area contributed by atoms with E-state index in [1.54, 1.807) is 12.1 Å². The molecule has 0 bridgehead atoms. The quantitative estimate of drug-likeness (QED) is 0.886. The van der Waals surface area contributed by atoms with Crippen LogP contribution >= 0.6 is 15.9 Å². The molecule has 0 radical (unpaired) electrons. The first-order valence-electron chi connectivity index (χ1n) is 4.82. The Bertz CT molecular complexity index is 347. The van der Waals surface area contributed by atoms with Crippen LogP contribution in [0.4, 0.5) is 4.39 Å². The van der Waals surface area contributed by atoms with Crippen molar-refractivity contribution in [2.75, 3.05) is 0 Å². The topological polar surface area (TPSA) is 26.0 Å². The number of hydrogen-bond acceptors (Lipinski definition) is 1. The second-order valence-electron chi connectivity index (χ2n) is 4.11. The molecule has 2 N–H and O–H groups in total. The van der Waals surface area contributed by atoms with Gasteiger partial charge in [0.1, 0.15) is 5.82 Å². The standard InChI is InChI=1S/C11H13BrFN/c12-9-2-1-8(7-10(9)13)3-4-11(14)5-6-11/h1-2,7H,3-6,14H2. The van der Waals surface area contributed by atoms with Gasteiger partial charge in [0.05, 0.1) is 4.47 Å². The molecule has 14 heavy (non-hydrogen) atoms. The maximum Gasteiger partial charge on any atom is 0.137 e. The maximum atomic E-state index is 13.1. The molecule has 3 heteroatoms. The van der Waals surface area contributed by atoms with E-state index in [0.717, 1.165) is 31.2 Å². The van der Waals surface area contributed by atoms with Crippen LogP contribution in [0.2, 0.25) is 0 Å². The minimum atomic E-state index is -0.190. The van der Waals surface area contributed by atoms with Crippen molar-refractivity contribution < 1.29 is 4.39 Å². The highest BCUT2D eigenvalue weighted by Gasteiger charge is 2.37. The monoisotopic (exact) mass is 257 g/mol. The minimum Gasteiger partial charge on any atom is -0.325 e. The fourth-order valence-electron chi connectivity index (χ4n) is 1.50. The van der Waals surface area contributed by atoms with Crippen LogP contribution in [0.25, 0.3) is 0 Å². The molecule has 1 aliphatic rings. The van der Waals surface area contributed by atoms with E-state index >= 15 is 0 Å². The molecule has 0 unspecified atom stereocenters. The van der Waals surface area contributed by atoms with Crippen LogP contribution in [-0.2, 0) is 6.42 Å². The molecule has 0 atom stereocenters. The molecule has 0 heterocycles. The summed E-state index contributed by atoms with van der Waals surface area (Å²) in [7, 11) is 0. The minimum absolute atomic E-state index is 0.0591. The molecule has 0 aromatic heterocycles. The smallest absolute Gasteiger partial charge is 0.137 e.